The molecule has 0 saturated carbocycles. The van der Waals surface area contributed by atoms with Crippen molar-refractivity contribution in [3.05, 3.63) is 36.4 Å². The van der Waals surface area contributed by atoms with E-state index < -0.39 is 37.3 Å². The molecule has 5 atom stereocenters. The van der Waals surface area contributed by atoms with Crippen molar-refractivity contribution < 1.29 is 35.0 Å². The summed E-state index contributed by atoms with van der Waals surface area (Å²) < 4.78 is 10.9. The molecule has 0 bridgehead atoms. The van der Waals surface area contributed by atoms with Gasteiger partial charge in [0.05, 0.1) is 12.0 Å². The minimum Gasteiger partial charge on any atom is -0.507 e. The van der Waals surface area contributed by atoms with E-state index in [0.29, 0.717) is 5.39 Å². The zero-order chi connectivity index (χ0) is 16.6. The summed E-state index contributed by atoms with van der Waals surface area (Å²) in [5.74, 6) is 0.257. The van der Waals surface area contributed by atoms with Gasteiger partial charge < -0.3 is 35.0 Å². The predicted octanol–water partition coefficient (Wildman–Crippen LogP) is -0.276. The first kappa shape index (κ1) is 16.0. The Balaban J connectivity index is 1.92. The molecule has 1 heterocycles. The Morgan fingerprint density at radius 1 is 0.957 bits per heavy atom. The van der Waals surface area contributed by atoms with Crippen molar-refractivity contribution in [1.29, 1.82) is 0 Å². The van der Waals surface area contributed by atoms with Crippen molar-refractivity contribution in [2.75, 3.05) is 6.61 Å². The second-order valence-corrected chi connectivity index (χ2v) is 5.45. The fraction of sp³-hybridized carbons (Fsp3) is 0.375. The van der Waals surface area contributed by atoms with Gasteiger partial charge in [0.15, 0.2) is 0 Å². The van der Waals surface area contributed by atoms with Crippen molar-refractivity contribution in [1.82, 2.24) is 0 Å². The molecule has 124 valence electrons. The lowest BCUT2D eigenvalue weighted by atomic mass is 9.99. The van der Waals surface area contributed by atoms with Crippen molar-refractivity contribution in [2.24, 2.45) is 0 Å². The van der Waals surface area contributed by atoms with Gasteiger partial charge in [-0.05, 0) is 17.5 Å². The van der Waals surface area contributed by atoms with Crippen LogP contribution in [0.2, 0.25) is 0 Å². The number of phenols is 1. The zero-order valence-electron chi connectivity index (χ0n) is 12.1. The van der Waals surface area contributed by atoms with Crippen molar-refractivity contribution in [3.63, 3.8) is 0 Å². The quantitative estimate of drug-likeness (QED) is 0.527. The van der Waals surface area contributed by atoms with Gasteiger partial charge in [0, 0.05) is 0 Å². The highest BCUT2D eigenvalue weighted by Gasteiger charge is 2.44. The third kappa shape index (κ3) is 2.85. The van der Waals surface area contributed by atoms with Crippen LogP contribution in [0, 0.1) is 0 Å². The monoisotopic (exact) mass is 322 g/mol. The summed E-state index contributed by atoms with van der Waals surface area (Å²) in [6, 6.07) is 10.1. The molecule has 0 unspecified atom stereocenters. The molecular weight excluding hydrogens is 304 g/mol. The maximum Gasteiger partial charge on any atom is 0.229 e. The van der Waals surface area contributed by atoms with E-state index in [1.807, 2.05) is 0 Å². The van der Waals surface area contributed by atoms with Crippen molar-refractivity contribution in [3.8, 4) is 11.5 Å². The molecule has 2 aromatic rings. The molecule has 23 heavy (non-hydrogen) atoms. The van der Waals surface area contributed by atoms with Crippen LogP contribution in [-0.4, -0.2) is 62.8 Å². The summed E-state index contributed by atoms with van der Waals surface area (Å²) in [5.41, 5.74) is 0. The number of aromatic hydroxyl groups is 1. The summed E-state index contributed by atoms with van der Waals surface area (Å²) in [4.78, 5) is 0. The lowest BCUT2D eigenvalue weighted by Crippen LogP contribution is -2.60. The van der Waals surface area contributed by atoms with Gasteiger partial charge in [-0.25, -0.2) is 0 Å². The maximum atomic E-state index is 10.0. The first-order valence-corrected chi connectivity index (χ1v) is 7.21. The van der Waals surface area contributed by atoms with Crippen LogP contribution in [0.15, 0.2) is 36.4 Å². The zero-order valence-corrected chi connectivity index (χ0v) is 12.1. The van der Waals surface area contributed by atoms with E-state index in [1.165, 1.54) is 6.07 Å². The number of phenolic OH excluding ortho intramolecular Hbond substituents is 1. The highest BCUT2D eigenvalue weighted by molar-refractivity contribution is 5.93. The predicted molar refractivity (Wildman–Crippen MR) is 80.0 cm³/mol. The van der Waals surface area contributed by atoms with Gasteiger partial charge in [-0.1, -0.05) is 24.3 Å². The Bertz CT molecular complexity index is 682. The van der Waals surface area contributed by atoms with Gasteiger partial charge in [0.25, 0.3) is 0 Å². The molecule has 0 aromatic heterocycles. The van der Waals surface area contributed by atoms with E-state index in [-0.39, 0.29) is 11.5 Å². The third-order valence-corrected chi connectivity index (χ3v) is 3.94. The molecule has 1 fully saturated rings. The molecule has 1 aliphatic heterocycles. The Morgan fingerprint density at radius 2 is 1.65 bits per heavy atom. The summed E-state index contributed by atoms with van der Waals surface area (Å²) in [7, 11) is 0. The highest BCUT2D eigenvalue weighted by Crippen LogP contribution is 2.35. The van der Waals surface area contributed by atoms with E-state index in [2.05, 4.69) is 0 Å². The number of aliphatic hydroxyl groups excluding tert-OH is 4. The van der Waals surface area contributed by atoms with Crippen molar-refractivity contribution in [2.45, 2.75) is 30.7 Å². The number of hydrogen-bond acceptors (Lipinski definition) is 7. The second-order valence-electron chi connectivity index (χ2n) is 5.45. The maximum absolute atomic E-state index is 10.0. The normalized spacial score (nSPS) is 31.2. The molecule has 5 N–H and O–H groups in total. The third-order valence-electron chi connectivity index (χ3n) is 3.94. The van der Waals surface area contributed by atoms with Gasteiger partial charge >= 0.3 is 0 Å². The number of rotatable bonds is 3. The second kappa shape index (κ2) is 6.31. The van der Waals surface area contributed by atoms with Crippen LogP contribution in [0.1, 0.15) is 0 Å². The van der Waals surface area contributed by atoms with Crippen LogP contribution >= 0.6 is 0 Å². The SMILES string of the molecule is OC[C@H]1O[C@H](Oc2cccc3cccc(O)c23)[C@H](O)[C@@H](O)[C@@H]1O. The van der Waals surface area contributed by atoms with E-state index in [4.69, 9.17) is 9.47 Å². The molecule has 2 aromatic carbocycles. The van der Waals surface area contributed by atoms with Gasteiger partial charge in [0.1, 0.15) is 35.9 Å². The van der Waals surface area contributed by atoms with E-state index in [1.54, 1.807) is 30.3 Å². The fourth-order valence-electron chi connectivity index (χ4n) is 2.68. The van der Waals surface area contributed by atoms with E-state index in [9.17, 15) is 25.5 Å². The number of fused-ring (bicyclic) bond motifs is 1. The highest BCUT2D eigenvalue weighted by atomic mass is 16.7. The van der Waals surface area contributed by atoms with Crippen LogP contribution in [0.25, 0.3) is 10.8 Å². The molecule has 7 nitrogen and oxygen atoms in total. The summed E-state index contributed by atoms with van der Waals surface area (Å²) in [5, 5.41) is 50.0. The lowest BCUT2D eigenvalue weighted by Gasteiger charge is -2.39. The number of aliphatic hydroxyl groups is 4. The molecular formula is C16H18O7. The van der Waals surface area contributed by atoms with Crippen LogP contribution < -0.4 is 4.74 Å². The largest absolute Gasteiger partial charge is 0.507 e. The molecule has 1 aliphatic rings. The molecule has 1 saturated heterocycles. The standard InChI is InChI=1S/C16H18O7/c17-7-11-13(19)14(20)15(21)16(23-11)22-10-6-2-4-8-3-1-5-9(18)12(8)10/h1-6,11,13-21H,7H2/t11-,13-,14+,15-,16+/m1/s1. The molecule has 7 heteroatoms. The first-order valence-electron chi connectivity index (χ1n) is 7.21. The first-order chi connectivity index (χ1) is 11.0. The molecule has 3 rings (SSSR count). The molecule has 0 amide bonds. The number of ether oxygens (including phenoxy) is 2. The van der Waals surface area contributed by atoms with Gasteiger partial charge in [-0.15, -0.1) is 0 Å². The van der Waals surface area contributed by atoms with Gasteiger partial charge in [-0.2, -0.15) is 0 Å². The minimum absolute atomic E-state index is 0.00249. The van der Waals surface area contributed by atoms with Crippen molar-refractivity contribution >= 4 is 10.8 Å². The number of benzene rings is 2. The summed E-state index contributed by atoms with van der Waals surface area (Å²) in [6.07, 6.45) is -6.82. The Kier molecular flexibility index (Phi) is 4.38. The smallest absolute Gasteiger partial charge is 0.229 e. The molecule has 0 radical (unpaired) electrons. The van der Waals surface area contributed by atoms with E-state index >= 15 is 0 Å². The molecule has 0 spiro atoms. The van der Waals surface area contributed by atoms with Gasteiger partial charge in [0.2, 0.25) is 6.29 Å². The van der Waals surface area contributed by atoms with Crippen LogP contribution in [0.4, 0.5) is 0 Å². The fourth-order valence-corrected chi connectivity index (χ4v) is 2.68. The van der Waals surface area contributed by atoms with Crippen LogP contribution in [0.5, 0.6) is 11.5 Å². The summed E-state index contributed by atoms with van der Waals surface area (Å²) >= 11 is 0. The Labute approximate surface area is 131 Å². The van der Waals surface area contributed by atoms with E-state index in [0.717, 1.165) is 5.39 Å². The lowest BCUT2D eigenvalue weighted by molar-refractivity contribution is -0.277. The minimum atomic E-state index is -1.52. The Morgan fingerprint density at radius 3 is 2.35 bits per heavy atom. The molecule has 0 aliphatic carbocycles. The van der Waals surface area contributed by atoms with Gasteiger partial charge in [-0.3, -0.25) is 0 Å². The topological polar surface area (TPSA) is 120 Å². The average molecular weight is 322 g/mol. The summed E-state index contributed by atoms with van der Waals surface area (Å²) in [6.45, 7) is -0.536. The Hall–Kier alpha value is -1.90. The van der Waals surface area contributed by atoms with Crippen LogP contribution in [0.3, 0.4) is 0 Å². The van der Waals surface area contributed by atoms with Crippen LogP contribution in [-0.2, 0) is 4.74 Å². The number of hydrogen-bond donors (Lipinski definition) is 5. The average Bonchev–Trinajstić information content (AvgIpc) is 2.55.